The van der Waals surface area contributed by atoms with E-state index in [-0.39, 0.29) is 23.6 Å². The summed E-state index contributed by atoms with van der Waals surface area (Å²) in [5, 5.41) is 28.3. The number of ether oxygens (including phenoxy) is 3. The first-order valence-corrected chi connectivity index (χ1v) is 15.4. The van der Waals surface area contributed by atoms with Gasteiger partial charge in [0.2, 0.25) is 5.95 Å². The third-order valence-corrected chi connectivity index (χ3v) is 8.23. The Morgan fingerprint density at radius 3 is 2.55 bits per heavy atom. The van der Waals surface area contributed by atoms with Crippen molar-refractivity contribution in [2.45, 2.75) is 63.5 Å². The minimum atomic E-state index is -4.54. The van der Waals surface area contributed by atoms with Crippen LogP contribution in [-0.2, 0) is 16.9 Å². The third kappa shape index (κ3) is 7.60. The molecule has 1 atom stereocenters. The van der Waals surface area contributed by atoms with Gasteiger partial charge in [-0.15, -0.1) is 10.2 Å². The maximum atomic E-state index is 13.2. The zero-order valence-electron chi connectivity index (χ0n) is 25.7. The van der Waals surface area contributed by atoms with Crippen LogP contribution < -0.4 is 14.8 Å². The summed E-state index contributed by atoms with van der Waals surface area (Å²) in [5.41, 5.74) is 1.42. The van der Waals surface area contributed by atoms with Gasteiger partial charge in [0.05, 0.1) is 31.5 Å². The second-order valence-corrected chi connectivity index (χ2v) is 11.5. The first-order valence-electron chi connectivity index (χ1n) is 15.4. The summed E-state index contributed by atoms with van der Waals surface area (Å²) in [6.45, 7) is 3.30. The fourth-order valence-electron chi connectivity index (χ4n) is 6.04. The van der Waals surface area contributed by atoms with Crippen molar-refractivity contribution >= 4 is 11.6 Å². The number of hydrogen-bond donors (Lipinski definition) is 1. The van der Waals surface area contributed by atoms with Crippen LogP contribution >= 0.6 is 0 Å². The van der Waals surface area contributed by atoms with Crippen LogP contribution in [0.3, 0.4) is 0 Å². The van der Waals surface area contributed by atoms with Crippen LogP contribution in [0.25, 0.3) is 11.1 Å². The fourth-order valence-corrected chi connectivity index (χ4v) is 6.04. The standard InChI is InChI=1S/C30H34F3N11O3/c1-21(17-43-20-37-40-41-43)47-26-13-22(5-6-23(26)14-34)24-15-35-28(36-16-24)38-25-18-44(39-27(25)46-19-30(31,32)33)29(7-3-2-4-8-29)42-9-11-45-12-10-42/h5-6,13,15-16,18,20-21H,2-4,7-12,17,19H2,1H3,(H,35,36,38). The molecule has 17 heteroatoms. The summed E-state index contributed by atoms with van der Waals surface area (Å²) in [6.07, 6.45) is 6.08. The van der Waals surface area contributed by atoms with E-state index >= 15 is 0 Å². The predicted octanol–water partition coefficient (Wildman–Crippen LogP) is 4.30. The van der Waals surface area contributed by atoms with Crippen molar-refractivity contribution in [1.29, 1.82) is 5.26 Å². The molecule has 4 heterocycles. The van der Waals surface area contributed by atoms with Crippen molar-refractivity contribution in [3.05, 3.63) is 48.7 Å². The highest BCUT2D eigenvalue weighted by Gasteiger charge is 2.42. The largest absolute Gasteiger partial charge is 0.487 e. The normalized spacial score (nSPS) is 17.5. The van der Waals surface area contributed by atoms with E-state index in [0.29, 0.717) is 55.3 Å². The van der Waals surface area contributed by atoms with E-state index in [1.54, 1.807) is 41.5 Å². The van der Waals surface area contributed by atoms with E-state index in [2.05, 4.69) is 46.9 Å². The van der Waals surface area contributed by atoms with Gasteiger partial charge >= 0.3 is 6.18 Å². The van der Waals surface area contributed by atoms with Crippen molar-refractivity contribution in [3.63, 3.8) is 0 Å². The number of anilines is 2. The summed E-state index contributed by atoms with van der Waals surface area (Å²) in [7, 11) is 0. The van der Waals surface area contributed by atoms with Gasteiger partial charge in [-0.05, 0) is 60.7 Å². The van der Waals surface area contributed by atoms with E-state index in [0.717, 1.165) is 32.1 Å². The molecule has 6 rings (SSSR count). The lowest BCUT2D eigenvalue weighted by molar-refractivity contribution is -0.154. The van der Waals surface area contributed by atoms with Gasteiger partial charge in [-0.2, -0.15) is 18.4 Å². The lowest BCUT2D eigenvalue weighted by Gasteiger charge is -2.47. The second kappa shape index (κ2) is 13.9. The number of benzene rings is 1. The number of nitrogens with one attached hydrogen (secondary N) is 1. The summed E-state index contributed by atoms with van der Waals surface area (Å²) < 4.78 is 59.7. The lowest BCUT2D eigenvalue weighted by Crippen LogP contribution is -2.56. The lowest BCUT2D eigenvalue weighted by atomic mass is 9.87. The van der Waals surface area contributed by atoms with Crippen LogP contribution in [0.15, 0.2) is 43.1 Å². The molecule has 1 saturated heterocycles. The van der Waals surface area contributed by atoms with E-state index in [1.165, 1.54) is 11.0 Å². The molecule has 0 amide bonds. The molecule has 14 nitrogen and oxygen atoms in total. The number of aromatic nitrogens is 8. The smallest absolute Gasteiger partial charge is 0.422 e. The predicted molar refractivity (Wildman–Crippen MR) is 161 cm³/mol. The zero-order chi connectivity index (χ0) is 32.9. The molecular weight excluding hydrogens is 619 g/mol. The number of alkyl halides is 3. The highest BCUT2D eigenvalue weighted by atomic mass is 19.4. The van der Waals surface area contributed by atoms with Crippen LogP contribution in [0.2, 0.25) is 0 Å². The molecule has 3 aromatic heterocycles. The van der Waals surface area contributed by atoms with Crippen molar-refractivity contribution in [3.8, 4) is 28.8 Å². The number of halogens is 3. The minimum Gasteiger partial charge on any atom is -0.487 e. The van der Waals surface area contributed by atoms with E-state index in [9.17, 15) is 18.4 Å². The van der Waals surface area contributed by atoms with E-state index in [4.69, 9.17) is 14.2 Å². The van der Waals surface area contributed by atoms with E-state index < -0.39 is 18.4 Å². The van der Waals surface area contributed by atoms with Gasteiger partial charge in [-0.3, -0.25) is 4.90 Å². The van der Waals surface area contributed by atoms with Crippen molar-refractivity contribution in [2.75, 3.05) is 38.2 Å². The summed E-state index contributed by atoms with van der Waals surface area (Å²) in [6, 6.07) is 7.26. The van der Waals surface area contributed by atoms with Gasteiger partial charge in [-0.25, -0.2) is 19.3 Å². The average molecular weight is 654 g/mol. The molecule has 47 heavy (non-hydrogen) atoms. The SMILES string of the molecule is CC(Cn1cnnn1)Oc1cc(-c2cnc(Nc3cn(C4(N5CCOCC5)CCCCC4)nc3OCC(F)(F)F)nc2)ccc1C#N. The Hall–Kier alpha value is -4.82. The molecule has 1 aliphatic carbocycles. The van der Waals surface area contributed by atoms with Crippen molar-refractivity contribution in [1.82, 2.24) is 44.9 Å². The summed E-state index contributed by atoms with van der Waals surface area (Å²) >= 11 is 0. The minimum absolute atomic E-state index is 0.148. The summed E-state index contributed by atoms with van der Waals surface area (Å²) in [5.74, 6) is 0.343. The fraction of sp³-hybridized carbons (Fsp3) is 0.500. The van der Waals surface area contributed by atoms with Crippen LogP contribution in [0.5, 0.6) is 11.6 Å². The molecular formula is C30H34F3N11O3. The molecule has 4 aromatic rings. The molecule has 1 N–H and O–H groups in total. The highest BCUT2D eigenvalue weighted by molar-refractivity contribution is 5.67. The first kappa shape index (κ1) is 32.1. The molecule has 1 aliphatic heterocycles. The number of hydrogen-bond acceptors (Lipinski definition) is 12. The van der Waals surface area contributed by atoms with Gasteiger partial charge in [0.15, 0.2) is 6.61 Å². The quantitative estimate of drug-likeness (QED) is 0.246. The van der Waals surface area contributed by atoms with Crippen molar-refractivity contribution in [2.24, 2.45) is 0 Å². The maximum Gasteiger partial charge on any atom is 0.422 e. The van der Waals surface area contributed by atoms with Gasteiger partial charge in [0.1, 0.15) is 35.6 Å². The van der Waals surface area contributed by atoms with Gasteiger partial charge < -0.3 is 19.5 Å². The average Bonchev–Trinajstić information content (AvgIpc) is 3.74. The van der Waals surface area contributed by atoms with Gasteiger partial charge in [0, 0.05) is 31.0 Å². The summed E-state index contributed by atoms with van der Waals surface area (Å²) in [4.78, 5) is 11.1. The number of rotatable bonds is 11. The molecule has 248 valence electrons. The van der Waals surface area contributed by atoms with Gasteiger partial charge in [-0.1, -0.05) is 12.5 Å². The number of morpholine rings is 1. The number of tetrazole rings is 1. The molecule has 0 bridgehead atoms. The first-order chi connectivity index (χ1) is 22.7. The van der Waals surface area contributed by atoms with Crippen LogP contribution in [0, 0.1) is 11.3 Å². The Kier molecular flexibility index (Phi) is 9.50. The maximum absolute atomic E-state index is 13.2. The Morgan fingerprint density at radius 1 is 1.11 bits per heavy atom. The van der Waals surface area contributed by atoms with Crippen LogP contribution in [0.1, 0.15) is 44.6 Å². The Balaban J connectivity index is 1.23. The molecule has 1 unspecified atom stereocenters. The second-order valence-electron chi connectivity index (χ2n) is 11.5. The highest BCUT2D eigenvalue weighted by Crippen LogP contribution is 2.41. The third-order valence-electron chi connectivity index (χ3n) is 8.23. The molecule has 0 spiro atoms. The van der Waals surface area contributed by atoms with E-state index in [1.807, 2.05) is 6.92 Å². The molecule has 2 fully saturated rings. The van der Waals surface area contributed by atoms with Crippen LogP contribution in [0.4, 0.5) is 24.8 Å². The Bertz CT molecular complexity index is 1660. The topological polar surface area (TPSA) is 154 Å². The molecule has 0 radical (unpaired) electrons. The number of nitriles is 1. The Labute approximate surface area is 268 Å². The molecule has 1 aromatic carbocycles. The zero-order valence-corrected chi connectivity index (χ0v) is 25.7. The number of nitrogens with zero attached hydrogens (tertiary/aromatic N) is 10. The monoisotopic (exact) mass is 653 g/mol. The van der Waals surface area contributed by atoms with Crippen molar-refractivity contribution < 1.29 is 27.4 Å². The van der Waals surface area contributed by atoms with Crippen LogP contribution in [-0.4, -0.2) is 90.0 Å². The Morgan fingerprint density at radius 2 is 1.87 bits per heavy atom. The molecule has 2 aliphatic rings. The van der Waals surface area contributed by atoms with Gasteiger partial charge in [0.25, 0.3) is 5.88 Å². The molecule has 1 saturated carbocycles.